The first kappa shape index (κ1) is 16.7. The van der Waals surface area contributed by atoms with Crippen molar-refractivity contribution in [2.75, 3.05) is 14.1 Å². The lowest BCUT2D eigenvalue weighted by Gasteiger charge is -2.10. The lowest BCUT2D eigenvalue weighted by atomic mass is 10.1. The molecule has 2 aromatic rings. The fourth-order valence-corrected chi connectivity index (χ4v) is 3.05. The third kappa shape index (κ3) is 4.01. The van der Waals surface area contributed by atoms with E-state index in [0.717, 1.165) is 18.5 Å². The summed E-state index contributed by atoms with van der Waals surface area (Å²) in [5.74, 6) is -0.279. The predicted octanol–water partition coefficient (Wildman–Crippen LogP) is 3.31. The SMILES string of the molecule is CN(C)Cc1ccc(CNC(=O)C2CC2c2ccccc2F)cc1. The third-order valence-corrected chi connectivity index (χ3v) is 4.42. The molecule has 2 aromatic carbocycles. The number of carbonyl (C=O) groups excluding carboxylic acids is 1. The Hall–Kier alpha value is -2.20. The van der Waals surface area contributed by atoms with Gasteiger partial charge in [-0.25, -0.2) is 4.39 Å². The fourth-order valence-electron chi connectivity index (χ4n) is 3.05. The number of amides is 1. The highest BCUT2D eigenvalue weighted by molar-refractivity contribution is 5.82. The molecule has 0 radical (unpaired) electrons. The van der Waals surface area contributed by atoms with Crippen molar-refractivity contribution in [2.24, 2.45) is 5.92 Å². The first-order chi connectivity index (χ1) is 11.5. The van der Waals surface area contributed by atoms with E-state index < -0.39 is 0 Å². The maximum absolute atomic E-state index is 13.8. The number of rotatable bonds is 6. The number of nitrogens with one attached hydrogen (secondary N) is 1. The Bertz CT molecular complexity index is 712. The van der Waals surface area contributed by atoms with Crippen molar-refractivity contribution < 1.29 is 9.18 Å². The number of carbonyl (C=O) groups is 1. The second kappa shape index (κ2) is 7.14. The summed E-state index contributed by atoms with van der Waals surface area (Å²) >= 11 is 0. The average Bonchev–Trinajstić information content (AvgIpc) is 3.34. The molecule has 0 saturated heterocycles. The van der Waals surface area contributed by atoms with Gasteiger partial charge in [0.15, 0.2) is 0 Å². The molecule has 0 aliphatic heterocycles. The normalized spacial score (nSPS) is 19.3. The van der Waals surface area contributed by atoms with Crippen LogP contribution in [0.1, 0.15) is 29.0 Å². The average molecular weight is 326 g/mol. The minimum absolute atomic E-state index is 0.0145. The highest BCUT2D eigenvalue weighted by Crippen LogP contribution is 2.48. The number of nitrogens with zero attached hydrogens (tertiary/aromatic N) is 1. The van der Waals surface area contributed by atoms with Crippen LogP contribution in [-0.2, 0) is 17.9 Å². The van der Waals surface area contributed by atoms with Crippen LogP contribution in [0.4, 0.5) is 4.39 Å². The van der Waals surface area contributed by atoms with Crippen LogP contribution in [-0.4, -0.2) is 24.9 Å². The van der Waals surface area contributed by atoms with E-state index in [9.17, 15) is 9.18 Å². The summed E-state index contributed by atoms with van der Waals surface area (Å²) in [5, 5.41) is 2.97. The summed E-state index contributed by atoms with van der Waals surface area (Å²) in [6.45, 7) is 1.42. The maximum atomic E-state index is 13.8. The molecule has 126 valence electrons. The van der Waals surface area contributed by atoms with E-state index in [1.54, 1.807) is 12.1 Å². The monoisotopic (exact) mass is 326 g/mol. The summed E-state index contributed by atoms with van der Waals surface area (Å²) in [5.41, 5.74) is 2.98. The van der Waals surface area contributed by atoms with Crippen molar-refractivity contribution >= 4 is 5.91 Å². The Morgan fingerprint density at radius 2 is 1.79 bits per heavy atom. The topological polar surface area (TPSA) is 32.3 Å². The van der Waals surface area contributed by atoms with Crippen molar-refractivity contribution in [2.45, 2.75) is 25.4 Å². The second-order valence-electron chi connectivity index (χ2n) is 6.74. The molecule has 2 unspecified atom stereocenters. The van der Waals surface area contributed by atoms with Gasteiger partial charge in [0.2, 0.25) is 5.91 Å². The molecular formula is C20H23FN2O. The van der Waals surface area contributed by atoms with Gasteiger partial charge in [-0.2, -0.15) is 0 Å². The first-order valence-corrected chi connectivity index (χ1v) is 8.29. The van der Waals surface area contributed by atoms with Gasteiger partial charge < -0.3 is 10.2 Å². The van der Waals surface area contributed by atoms with Gasteiger partial charge in [0, 0.05) is 19.0 Å². The number of halogens is 1. The maximum Gasteiger partial charge on any atom is 0.224 e. The van der Waals surface area contributed by atoms with Crippen molar-refractivity contribution in [3.63, 3.8) is 0 Å². The largest absolute Gasteiger partial charge is 0.352 e. The first-order valence-electron chi connectivity index (χ1n) is 8.29. The van der Waals surface area contributed by atoms with Crippen LogP contribution in [0, 0.1) is 11.7 Å². The zero-order chi connectivity index (χ0) is 17.1. The van der Waals surface area contributed by atoms with Crippen molar-refractivity contribution in [1.82, 2.24) is 10.2 Å². The van der Waals surface area contributed by atoms with Crippen molar-refractivity contribution in [3.8, 4) is 0 Å². The summed E-state index contributed by atoms with van der Waals surface area (Å²) in [6, 6.07) is 15.0. The Labute approximate surface area is 142 Å². The standard InChI is InChI=1S/C20H23FN2O/c1-23(2)13-15-9-7-14(8-10-15)12-22-20(24)18-11-17(18)16-5-3-4-6-19(16)21/h3-10,17-18H,11-13H2,1-2H3,(H,22,24). The van der Waals surface area contributed by atoms with E-state index in [4.69, 9.17) is 0 Å². The Balaban J connectivity index is 1.51. The van der Waals surface area contributed by atoms with Gasteiger partial charge in [0.1, 0.15) is 5.82 Å². The molecule has 1 aliphatic carbocycles. The smallest absolute Gasteiger partial charge is 0.224 e. The number of hydrogen-bond donors (Lipinski definition) is 1. The van der Waals surface area contributed by atoms with Gasteiger partial charge in [-0.05, 0) is 49.2 Å². The highest BCUT2D eigenvalue weighted by Gasteiger charge is 2.44. The van der Waals surface area contributed by atoms with Gasteiger partial charge in [-0.1, -0.05) is 42.5 Å². The molecule has 1 saturated carbocycles. The molecule has 0 heterocycles. The molecule has 1 fully saturated rings. The van der Waals surface area contributed by atoms with E-state index in [-0.39, 0.29) is 23.6 Å². The molecule has 3 rings (SSSR count). The Morgan fingerprint density at radius 3 is 2.46 bits per heavy atom. The lowest BCUT2D eigenvalue weighted by molar-refractivity contribution is -0.122. The molecule has 1 aliphatic rings. The molecule has 0 spiro atoms. The van der Waals surface area contributed by atoms with Crippen molar-refractivity contribution in [3.05, 3.63) is 71.0 Å². The van der Waals surface area contributed by atoms with Gasteiger partial charge >= 0.3 is 0 Å². The Kier molecular flexibility index (Phi) is 4.95. The fraction of sp³-hybridized carbons (Fsp3) is 0.350. The highest BCUT2D eigenvalue weighted by atomic mass is 19.1. The second-order valence-corrected chi connectivity index (χ2v) is 6.74. The van der Waals surface area contributed by atoms with Gasteiger partial charge in [0.05, 0.1) is 0 Å². The third-order valence-electron chi connectivity index (χ3n) is 4.42. The van der Waals surface area contributed by atoms with E-state index in [2.05, 4.69) is 22.3 Å². The van der Waals surface area contributed by atoms with Crippen LogP contribution in [0.5, 0.6) is 0 Å². The lowest BCUT2D eigenvalue weighted by Crippen LogP contribution is -2.25. The van der Waals surface area contributed by atoms with E-state index in [1.807, 2.05) is 32.3 Å². The van der Waals surface area contributed by atoms with E-state index in [0.29, 0.717) is 12.1 Å². The molecule has 1 amide bonds. The van der Waals surface area contributed by atoms with Crippen LogP contribution in [0.25, 0.3) is 0 Å². The predicted molar refractivity (Wildman–Crippen MR) is 92.9 cm³/mol. The summed E-state index contributed by atoms with van der Waals surface area (Å²) < 4.78 is 13.8. The minimum atomic E-state index is -0.214. The minimum Gasteiger partial charge on any atom is -0.352 e. The zero-order valence-electron chi connectivity index (χ0n) is 14.1. The van der Waals surface area contributed by atoms with Gasteiger partial charge in [-0.3, -0.25) is 4.79 Å². The molecule has 4 heteroatoms. The van der Waals surface area contributed by atoms with Gasteiger partial charge in [-0.15, -0.1) is 0 Å². The summed E-state index contributed by atoms with van der Waals surface area (Å²) in [4.78, 5) is 14.4. The molecule has 2 atom stereocenters. The molecule has 0 aromatic heterocycles. The molecule has 24 heavy (non-hydrogen) atoms. The quantitative estimate of drug-likeness (QED) is 0.883. The van der Waals surface area contributed by atoms with Crippen LogP contribution in [0.15, 0.2) is 48.5 Å². The van der Waals surface area contributed by atoms with Crippen LogP contribution in [0.3, 0.4) is 0 Å². The van der Waals surface area contributed by atoms with E-state index in [1.165, 1.54) is 11.6 Å². The number of benzene rings is 2. The van der Waals surface area contributed by atoms with Crippen molar-refractivity contribution in [1.29, 1.82) is 0 Å². The molecule has 0 bridgehead atoms. The Morgan fingerprint density at radius 1 is 1.12 bits per heavy atom. The van der Waals surface area contributed by atoms with Gasteiger partial charge in [0.25, 0.3) is 0 Å². The van der Waals surface area contributed by atoms with E-state index >= 15 is 0 Å². The molecule has 1 N–H and O–H groups in total. The molecular weight excluding hydrogens is 303 g/mol. The molecule has 3 nitrogen and oxygen atoms in total. The zero-order valence-corrected chi connectivity index (χ0v) is 14.1. The van der Waals surface area contributed by atoms with Crippen LogP contribution < -0.4 is 5.32 Å². The number of hydrogen-bond acceptors (Lipinski definition) is 2. The summed E-state index contributed by atoms with van der Waals surface area (Å²) in [7, 11) is 4.07. The van der Waals surface area contributed by atoms with Crippen LogP contribution in [0.2, 0.25) is 0 Å². The summed E-state index contributed by atoms with van der Waals surface area (Å²) in [6.07, 6.45) is 0.731. The van der Waals surface area contributed by atoms with Crippen LogP contribution >= 0.6 is 0 Å².